The number of imidazole rings is 1. The van der Waals surface area contributed by atoms with E-state index < -0.39 is 27.5 Å². The Bertz CT molecular complexity index is 1470. The number of oxime groups is 1. The van der Waals surface area contributed by atoms with E-state index in [1.807, 2.05) is 42.0 Å². The van der Waals surface area contributed by atoms with Crippen LogP contribution in [-0.2, 0) is 10.6 Å². The number of aromatic nitrogens is 2. The maximum absolute atomic E-state index is 13.5. The second-order valence-corrected chi connectivity index (χ2v) is 11.6. The largest absolute Gasteiger partial charge is 0.495 e. The quantitative estimate of drug-likeness (QED) is 0.350. The number of hydrogen-bond donors (Lipinski definition) is 1. The summed E-state index contributed by atoms with van der Waals surface area (Å²) in [4.78, 5) is 9.23. The first-order valence-electron chi connectivity index (χ1n) is 11.6. The lowest BCUT2D eigenvalue weighted by molar-refractivity contribution is -0.137. The molecule has 1 atom stereocenters. The van der Waals surface area contributed by atoms with E-state index in [2.05, 4.69) is 10.1 Å². The van der Waals surface area contributed by atoms with Gasteiger partial charge in [-0.1, -0.05) is 42.8 Å². The van der Waals surface area contributed by atoms with Gasteiger partial charge < -0.3 is 24.1 Å². The molecule has 0 aliphatic carbocycles. The van der Waals surface area contributed by atoms with Crippen molar-refractivity contribution in [2.45, 2.75) is 30.4 Å². The smallest absolute Gasteiger partial charge is 0.310 e. The number of benzene rings is 2. The van der Waals surface area contributed by atoms with Crippen LogP contribution in [0.5, 0.6) is 5.75 Å². The fourth-order valence-corrected chi connectivity index (χ4v) is 5.41. The lowest BCUT2D eigenvalue weighted by Crippen LogP contribution is -2.51. The predicted molar refractivity (Wildman–Crippen MR) is 134 cm³/mol. The Morgan fingerprint density at radius 2 is 1.95 bits per heavy atom. The van der Waals surface area contributed by atoms with Gasteiger partial charge >= 0.3 is 10.2 Å². The van der Waals surface area contributed by atoms with Crippen LogP contribution in [0, 0.1) is 6.92 Å². The number of hydrogen-bond acceptors (Lipinski definition) is 6. The third-order valence-corrected chi connectivity index (χ3v) is 7.71. The number of aliphatic hydroxyl groups is 1. The Kier molecular flexibility index (Phi) is 5.63. The second kappa shape index (κ2) is 8.21. The minimum absolute atomic E-state index is 0.271. The molecule has 2 aliphatic heterocycles. The molecule has 1 fully saturated rings. The molecule has 1 N–H and O–H groups in total. The molecule has 3 heterocycles. The second-order valence-electron chi connectivity index (χ2n) is 9.22. The number of rotatable bonds is 6. The van der Waals surface area contributed by atoms with Crippen molar-refractivity contribution in [2.24, 2.45) is 5.16 Å². The highest BCUT2D eigenvalue weighted by atomic mass is 32.5. The van der Waals surface area contributed by atoms with E-state index in [4.69, 9.17) is 9.57 Å². The first kappa shape index (κ1) is 26.0. The van der Waals surface area contributed by atoms with Crippen molar-refractivity contribution in [3.63, 3.8) is 0 Å². The number of ether oxygens (including phenoxy) is 1. The molecule has 2 aromatic carbocycles. The molecule has 38 heavy (non-hydrogen) atoms. The monoisotopic (exact) mass is 556 g/mol. The van der Waals surface area contributed by atoms with Crippen LogP contribution in [0.4, 0.5) is 19.4 Å². The summed E-state index contributed by atoms with van der Waals surface area (Å²) in [5.41, 5.74) is 0.973. The van der Waals surface area contributed by atoms with Gasteiger partial charge in [0.05, 0.1) is 24.8 Å². The fraction of sp³-hybridized carbons (Fsp3) is 0.280. The minimum Gasteiger partial charge on any atom is -0.495 e. The summed E-state index contributed by atoms with van der Waals surface area (Å²) < 4.78 is 74.9. The van der Waals surface area contributed by atoms with Gasteiger partial charge in [-0.25, -0.2) is 4.98 Å². The molecule has 1 aromatic heterocycles. The molecule has 5 rings (SSSR count). The van der Waals surface area contributed by atoms with Crippen LogP contribution >= 0.6 is 10.2 Å². The summed E-state index contributed by atoms with van der Waals surface area (Å²) in [6.07, 6.45) is 6.53. The molecule has 0 amide bonds. The molecule has 0 spiro atoms. The Morgan fingerprint density at radius 1 is 1.16 bits per heavy atom. The van der Waals surface area contributed by atoms with Crippen LogP contribution in [0.25, 0.3) is 11.8 Å². The summed E-state index contributed by atoms with van der Waals surface area (Å²) in [6, 6.07) is 8.28. The SMILES string of the molecule is COc1cc(C=C2CCCN3C2=NOC3(CO)c2cccc(S(F)(F)(F)(F)F)c2)ccc1-n1cnc(C)c1. The van der Waals surface area contributed by atoms with Gasteiger partial charge in [0.1, 0.15) is 17.3 Å². The van der Waals surface area contributed by atoms with E-state index in [-0.39, 0.29) is 5.56 Å². The average molecular weight is 557 g/mol. The Hall–Kier alpha value is -3.58. The number of halogens is 5. The van der Waals surface area contributed by atoms with Gasteiger partial charge in [0.15, 0.2) is 5.84 Å². The number of methoxy groups -OCH3 is 1. The maximum atomic E-state index is 13.5. The molecule has 3 aromatic rings. The van der Waals surface area contributed by atoms with Gasteiger partial charge in [-0.15, -0.1) is 0 Å². The van der Waals surface area contributed by atoms with Crippen molar-refractivity contribution in [1.29, 1.82) is 0 Å². The van der Waals surface area contributed by atoms with Gasteiger partial charge in [0.2, 0.25) is 0 Å². The lowest BCUT2D eigenvalue weighted by atomic mass is 9.95. The molecule has 204 valence electrons. The number of nitrogens with zero attached hydrogens (tertiary/aromatic N) is 4. The summed E-state index contributed by atoms with van der Waals surface area (Å²) in [6.45, 7) is 1.36. The molecule has 1 unspecified atom stereocenters. The molecule has 1 saturated heterocycles. The standard InChI is InChI=1S/C25H25F5N4O3S/c1-17-14-33(16-31-17)22-9-8-18(12-23(22)36-2)11-19-5-4-10-34-24(19)32-37-25(34,15-35)20-6-3-7-21(13-20)38(26,27,28,29)30/h3,6-9,11-14,16,35H,4-5,10,15H2,1-2H3. The predicted octanol–water partition coefficient (Wildman–Crippen LogP) is 6.51. The topological polar surface area (TPSA) is 72.1 Å². The maximum Gasteiger partial charge on any atom is 0.310 e. The van der Waals surface area contributed by atoms with Gasteiger partial charge in [0.25, 0.3) is 5.72 Å². The van der Waals surface area contributed by atoms with Crippen molar-refractivity contribution in [1.82, 2.24) is 14.5 Å². The van der Waals surface area contributed by atoms with Crippen molar-refractivity contribution in [3.8, 4) is 11.4 Å². The highest BCUT2D eigenvalue weighted by Gasteiger charge is 2.66. The molecular formula is C25H25F5N4O3S. The van der Waals surface area contributed by atoms with Gasteiger partial charge in [0, 0.05) is 18.3 Å². The van der Waals surface area contributed by atoms with Gasteiger partial charge in [-0.2, -0.15) is 0 Å². The lowest BCUT2D eigenvalue weighted by Gasteiger charge is -2.42. The van der Waals surface area contributed by atoms with Crippen LogP contribution in [-0.4, -0.2) is 45.7 Å². The van der Waals surface area contributed by atoms with Crippen LogP contribution in [0.2, 0.25) is 0 Å². The first-order valence-corrected chi connectivity index (χ1v) is 13.6. The van der Waals surface area contributed by atoms with E-state index in [0.29, 0.717) is 48.7 Å². The molecule has 13 heteroatoms. The third kappa shape index (κ3) is 4.60. The summed E-state index contributed by atoms with van der Waals surface area (Å²) in [7, 11) is -8.40. The number of amidine groups is 1. The van der Waals surface area contributed by atoms with E-state index in [0.717, 1.165) is 23.0 Å². The zero-order valence-electron chi connectivity index (χ0n) is 20.5. The van der Waals surface area contributed by atoms with E-state index in [9.17, 15) is 24.5 Å². The highest BCUT2D eigenvalue weighted by molar-refractivity contribution is 8.45. The number of piperidine rings is 1. The van der Waals surface area contributed by atoms with Crippen molar-refractivity contribution in [3.05, 3.63) is 77.4 Å². The zero-order valence-corrected chi connectivity index (χ0v) is 21.3. The summed E-state index contributed by atoms with van der Waals surface area (Å²) in [5.74, 6) is 0.905. The molecule has 0 bridgehead atoms. The third-order valence-electron chi connectivity index (χ3n) is 6.57. The highest BCUT2D eigenvalue weighted by Crippen LogP contribution is 3.02. The van der Waals surface area contributed by atoms with E-state index >= 15 is 0 Å². The van der Waals surface area contributed by atoms with Crippen LogP contribution in [0.1, 0.15) is 29.7 Å². The summed E-state index contributed by atoms with van der Waals surface area (Å²) in [5, 5.41) is 14.4. The van der Waals surface area contributed by atoms with Crippen molar-refractivity contribution >= 4 is 22.1 Å². The summed E-state index contributed by atoms with van der Waals surface area (Å²) >= 11 is 0. The number of aryl methyl sites for hydroxylation is 1. The fourth-order valence-electron chi connectivity index (χ4n) is 4.73. The molecule has 0 radical (unpaired) electrons. The van der Waals surface area contributed by atoms with E-state index in [1.165, 1.54) is 11.0 Å². The van der Waals surface area contributed by atoms with Crippen LogP contribution in [0.15, 0.2) is 70.6 Å². The first-order chi connectivity index (χ1) is 17.7. The number of aliphatic hydroxyl groups excluding tert-OH is 1. The zero-order chi connectivity index (χ0) is 27.4. The average Bonchev–Trinajstić information content (AvgIpc) is 3.47. The van der Waals surface area contributed by atoms with Crippen LogP contribution in [0.3, 0.4) is 0 Å². The van der Waals surface area contributed by atoms with Crippen molar-refractivity contribution < 1.29 is 34.1 Å². The minimum atomic E-state index is -9.95. The van der Waals surface area contributed by atoms with Crippen molar-refractivity contribution in [2.75, 3.05) is 20.3 Å². The molecule has 7 nitrogen and oxygen atoms in total. The normalized spacial score (nSPS) is 22.4. The molecule has 2 aliphatic rings. The van der Waals surface area contributed by atoms with E-state index in [1.54, 1.807) is 13.4 Å². The van der Waals surface area contributed by atoms with Gasteiger partial charge in [-0.05, 0) is 61.2 Å². The molecule has 0 saturated carbocycles. The Labute approximate surface area is 215 Å². The Morgan fingerprint density at radius 3 is 2.61 bits per heavy atom. The van der Waals surface area contributed by atoms with Crippen LogP contribution < -0.4 is 4.74 Å². The van der Waals surface area contributed by atoms with Gasteiger partial charge in [-0.3, -0.25) is 0 Å². The molecular weight excluding hydrogens is 531 g/mol. The number of fused-ring (bicyclic) bond motifs is 1. The Balaban J connectivity index is 1.49.